The van der Waals surface area contributed by atoms with E-state index >= 15 is 0 Å². The van der Waals surface area contributed by atoms with Gasteiger partial charge in [-0.2, -0.15) is 13.2 Å². The van der Waals surface area contributed by atoms with Gasteiger partial charge >= 0.3 is 15.5 Å². The summed E-state index contributed by atoms with van der Waals surface area (Å²) in [4.78, 5) is -0.684. The van der Waals surface area contributed by atoms with E-state index in [0.29, 0.717) is 12.2 Å². The van der Waals surface area contributed by atoms with Crippen molar-refractivity contribution in [1.29, 1.82) is 0 Å². The van der Waals surface area contributed by atoms with Crippen LogP contribution >= 0.6 is 0 Å². The molecule has 22 heavy (non-hydrogen) atoms. The average Bonchev–Trinajstić information content (AvgIpc) is 3.16. The molecule has 1 fully saturated rings. The first-order valence-electron chi connectivity index (χ1n) is 5.68. The zero-order valence-corrected chi connectivity index (χ0v) is 12.7. The number of nitrogens with zero attached hydrogens (tertiary/aromatic N) is 1. The van der Waals surface area contributed by atoms with Crippen LogP contribution in [0.5, 0.6) is 0 Å². The van der Waals surface area contributed by atoms with Crippen LogP contribution in [0.2, 0.25) is 0 Å². The molecule has 0 amide bonds. The van der Waals surface area contributed by atoms with Gasteiger partial charge in [0.15, 0.2) is 0 Å². The molecule has 2 rings (SSSR count). The van der Waals surface area contributed by atoms with Crippen LogP contribution in [0.25, 0.3) is 0 Å². The van der Waals surface area contributed by atoms with E-state index in [9.17, 15) is 30.0 Å². The predicted octanol–water partition coefficient (Wildman–Crippen LogP) is 0.646. The monoisotopic (exact) mass is 360 g/mol. The summed E-state index contributed by atoms with van der Waals surface area (Å²) in [5.41, 5.74) is -5.79. The third-order valence-corrected chi connectivity index (χ3v) is 6.68. The molecular formula is C10H11F3N2O5S2. The van der Waals surface area contributed by atoms with Gasteiger partial charge in [-0.05, 0) is 28.4 Å². The minimum atomic E-state index is -6.21. The normalized spacial score (nSPS) is 22.8. The quantitative estimate of drug-likeness (QED) is 0.479. The molecule has 1 aliphatic heterocycles. The summed E-state index contributed by atoms with van der Waals surface area (Å²) < 4.78 is 87.0. The molecule has 1 atom stereocenters. The zero-order valence-electron chi connectivity index (χ0n) is 11.0. The number of ether oxygens (including phenoxy) is 1. The second-order valence-electron chi connectivity index (χ2n) is 4.73. The number of rotatable bonds is 4. The molecule has 1 heterocycles. The SMILES string of the molecule is CC1(c2ccc(S(=O)(=O)N(N)S(=O)(=O)C(F)(F)F)cc2)CO1. The molecule has 1 unspecified atom stereocenters. The first kappa shape index (κ1) is 17.1. The van der Waals surface area contributed by atoms with E-state index in [0.717, 1.165) is 12.1 Å². The summed E-state index contributed by atoms with van der Waals surface area (Å²) >= 11 is 0. The van der Waals surface area contributed by atoms with Crippen molar-refractivity contribution < 1.29 is 34.7 Å². The Hall–Kier alpha value is -1.21. The van der Waals surface area contributed by atoms with Crippen molar-refractivity contribution in [2.75, 3.05) is 6.61 Å². The zero-order chi connectivity index (χ0) is 17.0. The Balaban J connectivity index is 2.38. The summed E-state index contributed by atoms with van der Waals surface area (Å²) in [6.45, 7) is 2.16. The van der Waals surface area contributed by atoms with Crippen LogP contribution in [0, 0.1) is 0 Å². The van der Waals surface area contributed by atoms with Crippen LogP contribution in [0.4, 0.5) is 13.2 Å². The second kappa shape index (κ2) is 4.89. The van der Waals surface area contributed by atoms with E-state index < -0.39 is 39.9 Å². The van der Waals surface area contributed by atoms with Crippen molar-refractivity contribution in [1.82, 2.24) is 3.82 Å². The molecule has 1 saturated heterocycles. The minimum Gasteiger partial charge on any atom is -0.365 e. The van der Waals surface area contributed by atoms with Gasteiger partial charge in [-0.1, -0.05) is 12.1 Å². The van der Waals surface area contributed by atoms with Crippen LogP contribution in [-0.4, -0.2) is 32.8 Å². The van der Waals surface area contributed by atoms with Gasteiger partial charge in [-0.25, -0.2) is 22.7 Å². The fourth-order valence-electron chi connectivity index (χ4n) is 1.59. The molecule has 1 aliphatic rings. The third-order valence-electron chi connectivity index (χ3n) is 3.11. The van der Waals surface area contributed by atoms with Crippen molar-refractivity contribution in [3.05, 3.63) is 29.8 Å². The molecular weight excluding hydrogens is 349 g/mol. The Bertz CT molecular complexity index is 783. The molecule has 0 spiro atoms. The number of benzene rings is 1. The topological polar surface area (TPSA) is 110 Å². The first-order chi connectivity index (χ1) is 9.82. The van der Waals surface area contributed by atoms with Crippen LogP contribution < -0.4 is 5.84 Å². The highest BCUT2D eigenvalue weighted by Gasteiger charge is 2.53. The molecule has 0 saturated carbocycles. The van der Waals surface area contributed by atoms with Crippen LogP contribution in [0.15, 0.2) is 29.2 Å². The molecule has 2 N–H and O–H groups in total. The van der Waals surface area contributed by atoms with E-state index in [1.54, 1.807) is 6.92 Å². The summed E-state index contributed by atoms with van der Waals surface area (Å²) in [6.07, 6.45) is 0. The number of sulfonamides is 2. The van der Waals surface area contributed by atoms with Gasteiger partial charge in [0, 0.05) is 0 Å². The third kappa shape index (κ3) is 2.72. The minimum absolute atomic E-state index is 0.421. The highest BCUT2D eigenvalue weighted by atomic mass is 32.3. The lowest BCUT2D eigenvalue weighted by Gasteiger charge is -2.18. The number of epoxide rings is 1. The fraction of sp³-hybridized carbons (Fsp3) is 0.400. The molecule has 0 radical (unpaired) electrons. The van der Waals surface area contributed by atoms with E-state index in [1.807, 2.05) is 0 Å². The molecule has 12 heteroatoms. The number of halogens is 3. The van der Waals surface area contributed by atoms with Crippen molar-refractivity contribution >= 4 is 20.0 Å². The molecule has 0 aliphatic carbocycles. The molecule has 7 nitrogen and oxygen atoms in total. The fourth-order valence-corrected chi connectivity index (χ4v) is 4.03. The lowest BCUT2D eigenvalue weighted by molar-refractivity contribution is -0.0469. The van der Waals surface area contributed by atoms with E-state index in [-0.39, 0.29) is 0 Å². The maximum Gasteiger partial charge on any atom is 0.513 e. The van der Waals surface area contributed by atoms with Gasteiger partial charge in [0.05, 0.1) is 11.5 Å². The summed E-state index contributed by atoms with van der Waals surface area (Å²) in [6, 6.07) is 4.55. The van der Waals surface area contributed by atoms with Gasteiger partial charge in [-0.3, -0.25) is 0 Å². The maximum absolute atomic E-state index is 12.4. The number of alkyl halides is 3. The molecule has 1 aromatic carbocycles. The lowest BCUT2D eigenvalue weighted by atomic mass is 10.0. The van der Waals surface area contributed by atoms with Crippen LogP contribution in [0.3, 0.4) is 0 Å². The van der Waals surface area contributed by atoms with E-state index in [1.165, 1.54) is 12.1 Å². The van der Waals surface area contributed by atoms with Gasteiger partial charge in [0.1, 0.15) is 5.60 Å². The van der Waals surface area contributed by atoms with E-state index in [4.69, 9.17) is 10.6 Å². The number of hydrogen-bond donors (Lipinski definition) is 1. The van der Waals surface area contributed by atoms with Crippen LogP contribution in [0.1, 0.15) is 12.5 Å². The molecule has 0 bridgehead atoms. The molecule has 124 valence electrons. The Morgan fingerprint density at radius 3 is 2.00 bits per heavy atom. The van der Waals surface area contributed by atoms with Gasteiger partial charge in [-0.15, -0.1) is 0 Å². The Labute approximate surface area is 124 Å². The Morgan fingerprint density at radius 1 is 1.18 bits per heavy atom. The standard InChI is InChI=1S/C10H11F3N2O5S2/c1-9(6-20-9)7-2-4-8(5-3-7)21(16,17)15(14)22(18,19)10(11,12)13/h2-5H,6,14H2,1H3. The second-order valence-corrected chi connectivity index (χ2v) is 8.58. The van der Waals surface area contributed by atoms with Crippen molar-refractivity contribution in [2.45, 2.75) is 22.9 Å². The van der Waals surface area contributed by atoms with Gasteiger partial charge < -0.3 is 4.74 Å². The van der Waals surface area contributed by atoms with Crippen molar-refractivity contribution in [3.63, 3.8) is 0 Å². The number of hydrazine groups is 1. The van der Waals surface area contributed by atoms with E-state index in [2.05, 4.69) is 0 Å². The summed E-state index contributed by atoms with van der Waals surface area (Å²) in [5.74, 6) is 4.70. The van der Waals surface area contributed by atoms with Gasteiger partial charge in [0.2, 0.25) is 0 Å². The summed E-state index contributed by atoms with van der Waals surface area (Å²) in [7, 11) is -11.3. The first-order valence-corrected chi connectivity index (χ1v) is 8.56. The predicted molar refractivity (Wildman–Crippen MR) is 67.9 cm³/mol. The number of hydrogen-bond acceptors (Lipinski definition) is 6. The average molecular weight is 360 g/mol. The highest BCUT2D eigenvalue weighted by Crippen LogP contribution is 2.38. The summed E-state index contributed by atoms with van der Waals surface area (Å²) in [5, 5.41) is 0. The van der Waals surface area contributed by atoms with Crippen molar-refractivity contribution in [3.8, 4) is 0 Å². The maximum atomic E-state index is 12.4. The van der Waals surface area contributed by atoms with Crippen molar-refractivity contribution in [2.24, 2.45) is 5.84 Å². The lowest BCUT2D eigenvalue weighted by Crippen LogP contribution is -2.48. The van der Waals surface area contributed by atoms with Gasteiger partial charge in [0.25, 0.3) is 10.0 Å². The highest BCUT2D eigenvalue weighted by molar-refractivity contribution is 8.04. The Kier molecular flexibility index (Phi) is 3.81. The molecule has 0 aromatic heterocycles. The van der Waals surface area contributed by atoms with Crippen LogP contribution in [-0.2, 0) is 30.4 Å². The molecule has 1 aromatic rings. The number of nitrogens with two attached hydrogens (primary N) is 1. The largest absolute Gasteiger partial charge is 0.513 e. The smallest absolute Gasteiger partial charge is 0.365 e. The Morgan fingerprint density at radius 2 is 1.64 bits per heavy atom.